The zero-order valence-corrected chi connectivity index (χ0v) is 41.5. The van der Waals surface area contributed by atoms with Crippen molar-refractivity contribution in [2.75, 3.05) is 26.4 Å². The summed E-state index contributed by atoms with van der Waals surface area (Å²) in [6.07, 6.45) is 4.29. The van der Waals surface area contributed by atoms with Crippen LogP contribution in [-0.2, 0) is 33.2 Å². The topological polar surface area (TPSA) is 307 Å². The van der Waals surface area contributed by atoms with Gasteiger partial charge in [0.15, 0.2) is 18.9 Å². The van der Waals surface area contributed by atoms with E-state index in [9.17, 15) is 61.0 Å². The van der Waals surface area contributed by atoms with Gasteiger partial charge in [0.1, 0.15) is 73.2 Å². The molecule has 12 N–H and O–H groups in total. The molecular formula is C50H93NO18. The summed E-state index contributed by atoms with van der Waals surface area (Å²) in [5.41, 5.74) is 0. The van der Waals surface area contributed by atoms with Crippen LogP contribution in [0.5, 0.6) is 0 Å². The molecule has 3 aliphatic heterocycles. The van der Waals surface area contributed by atoms with Gasteiger partial charge in [-0.15, -0.1) is 0 Å². The number of aliphatic hydroxyl groups excluding tert-OH is 11. The van der Waals surface area contributed by atoms with Gasteiger partial charge >= 0.3 is 0 Å². The number of ether oxygens (including phenoxy) is 6. The Balaban J connectivity index is 1.45. The third-order valence-corrected chi connectivity index (χ3v) is 13.6. The minimum absolute atomic E-state index is 0.247. The predicted octanol–water partition coefficient (Wildman–Crippen LogP) is 2.26. The van der Waals surface area contributed by atoms with Gasteiger partial charge in [0, 0.05) is 6.42 Å². The first-order valence-electron chi connectivity index (χ1n) is 26.4. The van der Waals surface area contributed by atoms with Gasteiger partial charge in [-0.1, -0.05) is 154 Å². The second kappa shape index (κ2) is 35.6. The smallest absolute Gasteiger partial charge is 0.220 e. The SMILES string of the molecule is CCCCC/C=C/C(O)C(COC1OC(CO)C(OC2OC(CO)C(OC3OC(CO)C(O)C(O)C3O)C(O)C2O)C(O)C1O)NC(=O)CCCCCCCCCCCCCCCCCCCCC. The van der Waals surface area contributed by atoms with Crippen LogP contribution in [0.4, 0.5) is 0 Å². The first-order valence-corrected chi connectivity index (χ1v) is 26.4. The number of nitrogens with one attached hydrogen (secondary N) is 1. The molecule has 3 heterocycles. The summed E-state index contributed by atoms with van der Waals surface area (Å²) in [5.74, 6) is -0.281. The Bertz CT molecular complexity index is 1330. The fourth-order valence-corrected chi connectivity index (χ4v) is 9.13. The minimum atomic E-state index is -1.97. The van der Waals surface area contributed by atoms with Crippen LogP contribution in [0, 0.1) is 0 Å². The predicted molar refractivity (Wildman–Crippen MR) is 254 cm³/mol. The molecule has 3 aliphatic rings. The molecule has 0 saturated carbocycles. The standard InChI is InChI=1S/C50H93NO18/c1-3-5-7-9-10-11-12-13-14-15-16-17-18-19-20-21-22-24-26-28-38(56)51-33(34(55)27-25-23-8-6-4-2)32-64-48-44(62)41(59)46(36(30-53)66-48)69-50-45(63)42(60)47(37(31-54)67-50)68-49-43(61)40(58)39(57)35(29-52)65-49/h25,27,33-37,39-50,52-55,57-63H,3-24,26,28-32H2,1-2H3,(H,51,56)/b27-25+. The third-order valence-electron chi connectivity index (χ3n) is 13.6. The molecule has 3 saturated heterocycles. The lowest BCUT2D eigenvalue weighted by Gasteiger charge is -2.48. The number of hydrogen-bond donors (Lipinski definition) is 12. The van der Waals surface area contributed by atoms with Crippen LogP contribution in [0.1, 0.15) is 168 Å². The number of unbranched alkanes of at least 4 members (excludes halogenated alkanes) is 21. The van der Waals surface area contributed by atoms with Crippen molar-refractivity contribution in [3.63, 3.8) is 0 Å². The molecule has 3 rings (SSSR count). The number of amides is 1. The van der Waals surface area contributed by atoms with E-state index in [1.54, 1.807) is 6.08 Å². The van der Waals surface area contributed by atoms with Crippen molar-refractivity contribution in [2.24, 2.45) is 0 Å². The molecule has 1 amide bonds. The molecule has 0 aliphatic carbocycles. The van der Waals surface area contributed by atoms with Crippen LogP contribution < -0.4 is 5.32 Å². The van der Waals surface area contributed by atoms with E-state index in [0.29, 0.717) is 6.42 Å². The van der Waals surface area contributed by atoms with Crippen LogP contribution in [0.15, 0.2) is 12.2 Å². The highest BCUT2D eigenvalue weighted by molar-refractivity contribution is 5.76. The maximum Gasteiger partial charge on any atom is 0.220 e. The van der Waals surface area contributed by atoms with Crippen LogP contribution >= 0.6 is 0 Å². The highest BCUT2D eigenvalue weighted by Crippen LogP contribution is 2.33. The van der Waals surface area contributed by atoms with Crippen molar-refractivity contribution in [3.8, 4) is 0 Å². The molecule has 17 atom stereocenters. The van der Waals surface area contributed by atoms with Crippen molar-refractivity contribution in [1.82, 2.24) is 5.32 Å². The highest BCUT2D eigenvalue weighted by atomic mass is 16.8. The van der Waals surface area contributed by atoms with Gasteiger partial charge in [0.05, 0.1) is 38.6 Å². The van der Waals surface area contributed by atoms with Crippen molar-refractivity contribution >= 4 is 5.91 Å². The molecule has 17 unspecified atom stereocenters. The quantitative estimate of drug-likeness (QED) is 0.0314. The number of aliphatic hydroxyl groups is 11. The van der Waals surface area contributed by atoms with Crippen LogP contribution in [-0.4, -0.2) is 193 Å². The molecule has 69 heavy (non-hydrogen) atoms. The van der Waals surface area contributed by atoms with E-state index in [4.69, 9.17) is 28.4 Å². The molecule has 0 spiro atoms. The molecule has 19 nitrogen and oxygen atoms in total. The number of rotatable bonds is 37. The lowest BCUT2D eigenvalue weighted by atomic mass is 9.96. The molecule has 0 radical (unpaired) electrons. The van der Waals surface area contributed by atoms with E-state index in [1.165, 1.54) is 96.3 Å². The lowest BCUT2D eigenvalue weighted by molar-refractivity contribution is -0.379. The second-order valence-electron chi connectivity index (χ2n) is 19.3. The summed E-state index contributed by atoms with van der Waals surface area (Å²) in [4.78, 5) is 13.1. The molecule has 19 heteroatoms. The lowest BCUT2D eigenvalue weighted by Crippen LogP contribution is -2.66. The Morgan fingerprint density at radius 1 is 0.507 bits per heavy atom. The van der Waals surface area contributed by atoms with E-state index < -0.39 is 124 Å². The normalized spacial score (nSPS) is 32.9. The molecule has 0 aromatic carbocycles. The van der Waals surface area contributed by atoms with Crippen molar-refractivity contribution < 1.29 is 89.4 Å². The summed E-state index contributed by atoms with van der Waals surface area (Å²) in [6.45, 7) is 1.58. The number of carbonyl (C=O) groups is 1. The Morgan fingerprint density at radius 3 is 1.36 bits per heavy atom. The fourth-order valence-electron chi connectivity index (χ4n) is 9.13. The van der Waals surface area contributed by atoms with Gasteiger partial charge < -0.3 is 89.9 Å². The maximum absolute atomic E-state index is 13.1. The van der Waals surface area contributed by atoms with Gasteiger partial charge in [-0.2, -0.15) is 0 Å². The van der Waals surface area contributed by atoms with Gasteiger partial charge in [0.2, 0.25) is 5.91 Å². The summed E-state index contributed by atoms with van der Waals surface area (Å²) < 4.78 is 34.0. The van der Waals surface area contributed by atoms with Crippen molar-refractivity contribution in [2.45, 2.75) is 272 Å². The fraction of sp³-hybridized carbons (Fsp3) is 0.940. The van der Waals surface area contributed by atoms with E-state index in [0.717, 1.165) is 44.9 Å². The summed E-state index contributed by atoms with van der Waals surface area (Å²) in [6, 6.07) is -0.962. The monoisotopic (exact) mass is 996 g/mol. The third kappa shape index (κ3) is 21.5. The molecule has 3 fully saturated rings. The van der Waals surface area contributed by atoms with E-state index in [2.05, 4.69) is 19.2 Å². The summed E-state index contributed by atoms with van der Waals surface area (Å²) >= 11 is 0. The summed E-state index contributed by atoms with van der Waals surface area (Å²) in [7, 11) is 0. The van der Waals surface area contributed by atoms with Crippen LogP contribution in [0.3, 0.4) is 0 Å². The van der Waals surface area contributed by atoms with Gasteiger partial charge in [-0.05, 0) is 19.3 Å². The minimum Gasteiger partial charge on any atom is -0.394 e. The van der Waals surface area contributed by atoms with E-state index in [-0.39, 0.29) is 18.9 Å². The molecule has 0 aromatic heterocycles. The van der Waals surface area contributed by atoms with Gasteiger partial charge in [-0.25, -0.2) is 0 Å². The Kier molecular flexibility index (Phi) is 31.9. The second-order valence-corrected chi connectivity index (χ2v) is 19.3. The largest absolute Gasteiger partial charge is 0.394 e. The average molecular weight is 996 g/mol. The zero-order valence-electron chi connectivity index (χ0n) is 41.5. The molecule has 406 valence electrons. The van der Waals surface area contributed by atoms with Crippen LogP contribution in [0.25, 0.3) is 0 Å². The first kappa shape index (κ1) is 61.8. The first-order chi connectivity index (χ1) is 33.3. The van der Waals surface area contributed by atoms with E-state index in [1.807, 2.05) is 6.08 Å². The maximum atomic E-state index is 13.1. The number of carbonyl (C=O) groups excluding carboxylic acids is 1. The molecular weight excluding hydrogens is 903 g/mol. The Hall–Kier alpha value is -1.47. The van der Waals surface area contributed by atoms with Crippen LogP contribution in [0.2, 0.25) is 0 Å². The van der Waals surface area contributed by atoms with Crippen molar-refractivity contribution in [3.05, 3.63) is 12.2 Å². The summed E-state index contributed by atoms with van der Waals surface area (Å²) in [5, 5.41) is 119. The zero-order chi connectivity index (χ0) is 50.6. The number of hydrogen-bond acceptors (Lipinski definition) is 18. The number of allylic oxidation sites excluding steroid dienone is 1. The Morgan fingerprint density at radius 2 is 0.899 bits per heavy atom. The molecule has 0 bridgehead atoms. The highest BCUT2D eigenvalue weighted by Gasteiger charge is 2.53. The molecule has 0 aromatic rings. The van der Waals surface area contributed by atoms with Gasteiger partial charge in [-0.3, -0.25) is 4.79 Å². The Labute approximate surface area is 410 Å². The van der Waals surface area contributed by atoms with E-state index >= 15 is 0 Å². The van der Waals surface area contributed by atoms with Crippen molar-refractivity contribution in [1.29, 1.82) is 0 Å². The van der Waals surface area contributed by atoms with Gasteiger partial charge in [0.25, 0.3) is 0 Å². The average Bonchev–Trinajstić information content (AvgIpc) is 3.34.